The number of thioether (sulfide) groups is 1. The number of nitrogens with one attached hydrogen (secondary N) is 1. The number of nitrogens with zero attached hydrogens (tertiary/aromatic N) is 2. The van der Waals surface area contributed by atoms with E-state index < -0.39 is 6.10 Å². The van der Waals surface area contributed by atoms with Crippen LogP contribution in [-0.2, 0) is 0 Å². The lowest BCUT2D eigenvalue weighted by molar-refractivity contribution is 0.160. The maximum Gasteiger partial charge on any atom is 0.146 e. The van der Waals surface area contributed by atoms with Gasteiger partial charge in [-0.25, -0.2) is 9.37 Å². The molecule has 0 amide bonds. The summed E-state index contributed by atoms with van der Waals surface area (Å²) in [6, 6.07) is 5.54. The Hall–Kier alpha value is -1.66. The number of halogens is 1. The van der Waals surface area contributed by atoms with Crippen molar-refractivity contribution < 1.29 is 9.50 Å². The number of hydrogen-bond donors (Lipinski definition) is 2. The van der Waals surface area contributed by atoms with E-state index in [1.807, 2.05) is 13.2 Å². The van der Waals surface area contributed by atoms with Crippen LogP contribution in [0, 0.1) is 5.82 Å². The number of aliphatic hydroxyl groups is 1. The minimum Gasteiger partial charge on any atom is -0.386 e. The smallest absolute Gasteiger partial charge is 0.146 e. The fourth-order valence-corrected chi connectivity index (χ4v) is 2.13. The largest absolute Gasteiger partial charge is 0.386 e. The second-order valence-corrected chi connectivity index (χ2v) is 5.20. The Morgan fingerprint density at radius 1 is 1.25 bits per heavy atom. The molecule has 1 aromatic carbocycles. The summed E-state index contributed by atoms with van der Waals surface area (Å²) in [5, 5.41) is 14.1. The van der Waals surface area contributed by atoms with E-state index in [9.17, 15) is 9.50 Å². The number of anilines is 1. The van der Waals surface area contributed by atoms with Crippen molar-refractivity contribution in [2.45, 2.75) is 24.1 Å². The maximum atomic E-state index is 12.9. The summed E-state index contributed by atoms with van der Waals surface area (Å²) in [6.07, 6.45) is 4.45. The average Bonchev–Trinajstić information content (AvgIpc) is 2.47. The van der Waals surface area contributed by atoms with Gasteiger partial charge >= 0.3 is 0 Å². The molecule has 2 rings (SSSR count). The monoisotopic (exact) mass is 293 g/mol. The molecule has 0 bridgehead atoms. The quantitative estimate of drug-likeness (QED) is 0.830. The fourth-order valence-electron chi connectivity index (χ4n) is 1.78. The number of rotatable bonds is 5. The molecule has 0 unspecified atom stereocenters. The van der Waals surface area contributed by atoms with E-state index in [1.54, 1.807) is 24.5 Å². The van der Waals surface area contributed by atoms with Crippen LogP contribution in [0.25, 0.3) is 0 Å². The molecule has 106 valence electrons. The second kappa shape index (κ2) is 6.67. The Morgan fingerprint density at radius 3 is 2.60 bits per heavy atom. The third-order valence-electron chi connectivity index (χ3n) is 2.88. The molecule has 0 spiro atoms. The number of hydrogen-bond acceptors (Lipinski definition) is 5. The Balaban J connectivity index is 2.06. The summed E-state index contributed by atoms with van der Waals surface area (Å²) in [7, 11) is 0. The highest BCUT2D eigenvalue weighted by Gasteiger charge is 2.17. The summed E-state index contributed by atoms with van der Waals surface area (Å²) in [5.74, 6) is 0.283. The molecule has 0 saturated heterocycles. The number of aliphatic hydroxyl groups excluding tert-OH is 1. The topological polar surface area (TPSA) is 58.0 Å². The first kappa shape index (κ1) is 14.7. The van der Waals surface area contributed by atoms with E-state index in [1.165, 1.54) is 23.9 Å². The molecule has 20 heavy (non-hydrogen) atoms. The van der Waals surface area contributed by atoms with Gasteiger partial charge in [-0.1, -0.05) is 12.1 Å². The number of aromatic nitrogens is 2. The van der Waals surface area contributed by atoms with Gasteiger partial charge in [0.2, 0.25) is 0 Å². The Kier molecular flexibility index (Phi) is 4.92. The molecule has 1 aromatic heterocycles. The first-order valence-corrected chi connectivity index (χ1v) is 7.38. The standard InChI is InChI=1S/C14H16FN3OS/c1-9(14(19)10-3-5-11(15)6-4-10)17-12-7-16-8-13(18-12)20-2/h3-9,14,19H,1-2H3,(H,17,18)/t9-,14+/m1/s1. The van der Waals surface area contributed by atoms with E-state index in [4.69, 9.17) is 0 Å². The lowest BCUT2D eigenvalue weighted by Crippen LogP contribution is -2.24. The van der Waals surface area contributed by atoms with Gasteiger partial charge in [-0.15, -0.1) is 11.8 Å². The van der Waals surface area contributed by atoms with Crippen LogP contribution in [0.1, 0.15) is 18.6 Å². The molecule has 0 aliphatic carbocycles. The zero-order valence-electron chi connectivity index (χ0n) is 11.2. The van der Waals surface area contributed by atoms with Gasteiger partial charge in [0.1, 0.15) is 16.7 Å². The molecule has 6 heteroatoms. The first-order chi connectivity index (χ1) is 9.60. The van der Waals surface area contributed by atoms with Gasteiger partial charge in [0.05, 0.1) is 24.5 Å². The molecular weight excluding hydrogens is 277 g/mol. The average molecular weight is 293 g/mol. The third kappa shape index (κ3) is 3.68. The molecule has 0 aliphatic heterocycles. The SMILES string of the molecule is CSc1cncc(N[C@H](C)[C@H](O)c2ccc(F)cc2)n1. The van der Waals surface area contributed by atoms with Gasteiger partial charge in [0.15, 0.2) is 0 Å². The third-order valence-corrected chi connectivity index (χ3v) is 3.50. The predicted molar refractivity (Wildman–Crippen MR) is 78.3 cm³/mol. The van der Waals surface area contributed by atoms with E-state index in [2.05, 4.69) is 15.3 Å². The van der Waals surface area contributed by atoms with Crippen LogP contribution >= 0.6 is 11.8 Å². The zero-order chi connectivity index (χ0) is 14.5. The molecule has 0 aliphatic rings. The van der Waals surface area contributed by atoms with Gasteiger partial charge in [-0.3, -0.25) is 4.98 Å². The van der Waals surface area contributed by atoms with Crippen LogP contribution in [0.3, 0.4) is 0 Å². The van der Waals surface area contributed by atoms with E-state index >= 15 is 0 Å². The van der Waals surface area contributed by atoms with Crippen LogP contribution in [0.4, 0.5) is 10.2 Å². The van der Waals surface area contributed by atoms with E-state index in [0.717, 1.165) is 5.03 Å². The van der Waals surface area contributed by atoms with Crippen molar-refractivity contribution in [1.29, 1.82) is 0 Å². The zero-order valence-corrected chi connectivity index (χ0v) is 12.1. The van der Waals surface area contributed by atoms with Crippen molar-refractivity contribution >= 4 is 17.6 Å². The Labute approximate surface area is 121 Å². The van der Waals surface area contributed by atoms with Crippen molar-refractivity contribution in [3.63, 3.8) is 0 Å². The van der Waals surface area contributed by atoms with Gasteiger partial charge in [0, 0.05) is 0 Å². The molecule has 4 nitrogen and oxygen atoms in total. The lowest BCUT2D eigenvalue weighted by atomic mass is 10.0. The predicted octanol–water partition coefficient (Wildman–Crippen LogP) is 2.87. The van der Waals surface area contributed by atoms with Crippen molar-refractivity contribution in [3.8, 4) is 0 Å². The van der Waals surface area contributed by atoms with Crippen molar-refractivity contribution in [2.24, 2.45) is 0 Å². The Morgan fingerprint density at radius 2 is 1.95 bits per heavy atom. The highest BCUT2D eigenvalue weighted by atomic mass is 32.2. The minimum absolute atomic E-state index is 0.271. The van der Waals surface area contributed by atoms with Crippen LogP contribution in [-0.4, -0.2) is 27.4 Å². The molecule has 1 heterocycles. The second-order valence-electron chi connectivity index (χ2n) is 4.38. The van der Waals surface area contributed by atoms with E-state index in [-0.39, 0.29) is 11.9 Å². The molecular formula is C14H16FN3OS. The maximum absolute atomic E-state index is 12.9. The molecule has 0 radical (unpaired) electrons. The summed E-state index contributed by atoms with van der Waals surface area (Å²) in [4.78, 5) is 8.41. The lowest BCUT2D eigenvalue weighted by Gasteiger charge is -2.21. The number of benzene rings is 1. The molecule has 0 fully saturated rings. The van der Waals surface area contributed by atoms with Crippen molar-refractivity contribution in [3.05, 3.63) is 48.0 Å². The van der Waals surface area contributed by atoms with Gasteiger partial charge in [0.25, 0.3) is 0 Å². The van der Waals surface area contributed by atoms with Crippen LogP contribution < -0.4 is 5.32 Å². The van der Waals surface area contributed by atoms with Crippen molar-refractivity contribution in [1.82, 2.24) is 9.97 Å². The molecule has 2 aromatic rings. The molecule has 2 N–H and O–H groups in total. The van der Waals surface area contributed by atoms with Crippen molar-refractivity contribution in [2.75, 3.05) is 11.6 Å². The normalized spacial score (nSPS) is 13.8. The van der Waals surface area contributed by atoms with Crippen LogP contribution in [0.15, 0.2) is 41.7 Å². The molecule has 0 saturated carbocycles. The van der Waals surface area contributed by atoms with Crippen LogP contribution in [0.2, 0.25) is 0 Å². The highest BCUT2D eigenvalue weighted by molar-refractivity contribution is 7.98. The first-order valence-electron chi connectivity index (χ1n) is 6.16. The van der Waals surface area contributed by atoms with Gasteiger partial charge in [-0.2, -0.15) is 0 Å². The van der Waals surface area contributed by atoms with Gasteiger partial charge < -0.3 is 10.4 Å². The van der Waals surface area contributed by atoms with E-state index in [0.29, 0.717) is 11.4 Å². The summed E-state index contributed by atoms with van der Waals surface area (Å²) in [6.45, 7) is 1.83. The minimum atomic E-state index is -0.754. The fraction of sp³-hybridized carbons (Fsp3) is 0.286. The summed E-state index contributed by atoms with van der Waals surface area (Å²) >= 11 is 1.50. The summed E-state index contributed by atoms with van der Waals surface area (Å²) < 4.78 is 12.9. The highest BCUT2D eigenvalue weighted by Crippen LogP contribution is 2.20. The van der Waals surface area contributed by atoms with Crippen LogP contribution in [0.5, 0.6) is 0 Å². The molecule has 2 atom stereocenters. The van der Waals surface area contributed by atoms with Gasteiger partial charge in [-0.05, 0) is 30.9 Å². The summed E-state index contributed by atoms with van der Waals surface area (Å²) in [5.41, 5.74) is 0.653. The Bertz CT molecular complexity index is 565.